The van der Waals surface area contributed by atoms with E-state index in [2.05, 4.69) is 86.4 Å². The second kappa shape index (κ2) is 5.57. The monoisotopic (exact) mass is 404 g/mol. The van der Waals surface area contributed by atoms with Crippen LogP contribution in [0.2, 0.25) is 0 Å². The highest BCUT2D eigenvalue weighted by Gasteiger charge is 2.60. The lowest BCUT2D eigenvalue weighted by Gasteiger charge is -2.52. The van der Waals surface area contributed by atoms with Crippen LogP contribution in [0.4, 0.5) is 22.7 Å². The molecule has 0 spiro atoms. The number of anilines is 4. The summed E-state index contributed by atoms with van der Waals surface area (Å²) in [5.74, 6) is 0. The summed E-state index contributed by atoms with van der Waals surface area (Å²) in [5.41, 5.74) is 14.5. The Morgan fingerprint density at radius 1 is 0.871 bits per heavy atom. The Bertz CT molecular complexity index is 1290. The summed E-state index contributed by atoms with van der Waals surface area (Å²) in [7, 11) is 0. The predicted octanol–water partition coefficient (Wildman–Crippen LogP) is 4.93. The first-order valence-electron chi connectivity index (χ1n) is 11.9. The molecular weight excluding hydrogens is 375 g/mol. The molecule has 2 nitrogen and oxygen atoms in total. The van der Waals surface area contributed by atoms with Crippen molar-refractivity contribution in [1.29, 1.82) is 0 Å². The summed E-state index contributed by atoms with van der Waals surface area (Å²) in [6.45, 7) is 9.83. The zero-order valence-corrected chi connectivity index (χ0v) is 19.0. The summed E-state index contributed by atoms with van der Waals surface area (Å²) in [5, 5.41) is 3.82. The van der Waals surface area contributed by atoms with Gasteiger partial charge in [-0.05, 0) is 84.9 Å². The van der Waals surface area contributed by atoms with E-state index in [9.17, 15) is 0 Å². The van der Waals surface area contributed by atoms with Crippen LogP contribution < -0.4 is 26.6 Å². The molecular formula is C28H29BN2. The number of hydrogen-bond donors (Lipinski definition) is 1. The molecule has 0 saturated heterocycles. The number of benzene rings is 3. The van der Waals surface area contributed by atoms with Crippen molar-refractivity contribution in [3.05, 3.63) is 65.2 Å². The highest BCUT2D eigenvalue weighted by atomic mass is 15.3. The lowest BCUT2D eigenvalue weighted by Crippen LogP contribution is -2.63. The van der Waals surface area contributed by atoms with E-state index >= 15 is 0 Å². The second-order valence-corrected chi connectivity index (χ2v) is 10.8. The minimum Gasteiger partial charge on any atom is -0.356 e. The molecule has 1 N–H and O–H groups in total. The summed E-state index contributed by atoms with van der Waals surface area (Å²) >= 11 is 0. The third kappa shape index (κ3) is 1.97. The van der Waals surface area contributed by atoms with Crippen molar-refractivity contribution in [1.82, 2.24) is 0 Å². The first-order chi connectivity index (χ1) is 14.9. The van der Waals surface area contributed by atoms with Crippen molar-refractivity contribution in [3.63, 3.8) is 0 Å². The van der Waals surface area contributed by atoms with Crippen molar-refractivity contribution in [2.24, 2.45) is 0 Å². The lowest BCUT2D eigenvalue weighted by molar-refractivity contribution is 0.195. The van der Waals surface area contributed by atoms with Gasteiger partial charge < -0.3 is 10.2 Å². The van der Waals surface area contributed by atoms with Gasteiger partial charge in [-0.15, -0.1) is 0 Å². The topological polar surface area (TPSA) is 15.3 Å². The Morgan fingerprint density at radius 3 is 2.55 bits per heavy atom. The molecule has 0 radical (unpaired) electrons. The molecule has 3 aliphatic heterocycles. The minimum atomic E-state index is 0.129. The molecule has 3 heterocycles. The van der Waals surface area contributed by atoms with Crippen LogP contribution in [-0.2, 0) is 5.41 Å². The third-order valence-corrected chi connectivity index (χ3v) is 9.09. The van der Waals surface area contributed by atoms with Crippen LogP contribution in [0.15, 0.2) is 48.5 Å². The van der Waals surface area contributed by atoms with Crippen LogP contribution >= 0.6 is 0 Å². The molecule has 3 aromatic carbocycles. The minimum absolute atomic E-state index is 0.129. The molecule has 0 bridgehead atoms. The zero-order chi connectivity index (χ0) is 21.1. The molecule has 1 fully saturated rings. The fraction of sp³-hybridized carbons (Fsp3) is 0.357. The number of para-hydroxylation sites is 1. The predicted molar refractivity (Wildman–Crippen MR) is 133 cm³/mol. The second-order valence-electron chi connectivity index (χ2n) is 10.8. The van der Waals surface area contributed by atoms with Crippen molar-refractivity contribution in [2.75, 3.05) is 10.2 Å². The maximum absolute atomic E-state index is 3.82. The van der Waals surface area contributed by atoms with Gasteiger partial charge in [0.05, 0.1) is 5.54 Å². The quantitative estimate of drug-likeness (QED) is 0.418. The number of fused-ring (bicyclic) bond motifs is 7. The van der Waals surface area contributed by atoms with E-state index in [0.29, 0.717) is 6.71 Å². The average Bonchev–Trinajstić information content (AvgIpc) is 2.95. The fourth-order valence-corrected chi connectivity index (χ4v) is 7.42. The van der Waals surface area contributed by atoms with E-state index in [1.807, 2.05) is 0 Å². The van der Waals surface area contributed by atoms with Crippen LogP contribution in [0.1, 0.15) is 56.2 Å². The molecule has 0 aromatic heterocycles. The largest absolute Gasteiger partial charge is 0.356 e. The molecule has 1 aliphatic carbocycles. The maximum atomic E-state index is 3.82. The van der Waals surface area contributed by atoms with Gasteiger partial charge in [0.25, 0.3) is 6.71 Å². The SMILES string of the molecule is Cc1ccc2c(c1)Nc1cc(C)cc3c1B2c1cccc2c1N3C1(C)CCCCC21C. The standard InChI is InChI=1S/C28H29BN2/c1-17-10-11-20-22(14-17)30-23-15-18(2)16-24-25(23)29(20)21-9-7-8-19-26(21)31(24)28(4)13-6-5-12-27(19,28)3/h7-11,14-16,30H,5-6,12-13H2,1-4H3. The van der Waals surface area contributed by atoms with Crippen LogP contribution in [0.3, 0.4) is 0 Å². The number of hydrogen-bond acceptors (Lipinski definition) is 2. The Hall–Kier alpha value is -2.68. The average molecular weight is 404 g/mol. The lowest BCUT2D eigenvalue weighted by atomic mass is 9.33. The molecule has 2 unspecified atom stereocenters. The van der Waals surface area contributed by atoms with E-state index in [0.717, 1.165) is 0 Å². The molecule has 154 valence electrons. The van der Waals surface area contributed by atoms with Gasteiger partial charge in [0.2, 0.25) is 0 Å². The molecule has 4 aliphatic rings. The molecule has 31 heavy (non-hydrogen) atoms. The van der Waals surface area contributed by atoms with Crippen LogP contribution in [0.25, 0.3) is 0 Å². The summed E-state index contributed by atoms with van der Waals surface area (Å²) in [6, 6.07) is 18.9. The highest BCUT2D eigenvalue weighted by molar-refractivity contribution is 7.00. The molecule has 7 rings (SSSR count). The van der Waals surface area contributed by atoms with Gasteiger partial charge in [0.15, 0.2) is 0 Å². The van der Waals surface area contributed by atoms with Gasteiger partial charge in [0.1, 0.15) is 0 Å². The number of rotatable bonds is 0. The molecule has 1 saturated carbocycles. The number of nitrogens with zero attached hydrogens (tertiary/aromatic N) is 1. The zero-order valence-electron chi connectivity index (χ0n) is 19.0. The van der Waals surface area contributed by atoms with Crippen LogP contribution in [-0.4, -0.2) is 12.3 Å². The molecule has 3 heteroatoms. The maximum Gasteiger partial charge on any atom is 0.252 e. The molecule has 0 amide bonds. The molecule has 3 aromatic rings. The number of aryl methyl sites for hydroxylation is 2. The summed E-state index contributed by atoms with van der Waals surface area (Å²) < 4.78 is 0. The van der Waals surface area contributed by atoms with Crippen molar-refractivity contribution in [3.8, 4) is 0 Å². The van der Waals surface area contributed by atoms with Crippen LogP contribution in [0.5, 0.6) is 0 Å². The van der Waals surface area contributed by atoms with Gasteiger partial charge in [-0.1, -0.05) is 50.1 Å². The Morgan fingerprint density at radius 2 is 1.68 bits per heavy atom. The highest BCUT2D eigenvalue weighted by Crippen LogP contribution is 2.61. The summed E-state index contributed by atoms with van der Waals surface area (Å²) in [6.07, 6.45) is 5.20. The summed E-state index contributed by atoms with van der Waals surface area (Å²) in [4.78, 5) is 2.78. The van der Waals surface area contributed by atoms with Gasteiger partial charge in [0, 0.05) is 28.2 Å². The van der Waals surface area contributed by atoms with Gasteiger partial charge in [-0.2, -0.15) is 0 Å². The van der Waals surface area contributed by atoms with E-state index < -0.39 is 0 Å². The van der Waals surface area contributed by atoms with Gasteiger partial charge in [-0.25, -0.2) is 0 Å². The smallest absolute Gasteiger partial charge is 0.252 e. The fourth-order valence-electron chi connectivity index (χ4n) is 7.42. The van der Waals surface area contributed by atoms with Crippen molar-refractivity contribution >= 4 is 45.9 Å². The Balaban J connectivity index is 1.62. The number of nitrogens with one attached hydrogen (secondary N) is 1. The molecule has 2 atom stereocenters. The Labute approximate surface area is 185 Å². The van der Waals surface area contributed by atoms with Gasteiger partial charge in [-0.3, -0.25) is 0 Å². The van der Waals surface area contributed by atoms with E-state index in [4.69, 9.17) is 0 Å². The third-order valence-electron chi connectivity index (χ3n) is 9.09. The first kappa shape index (κ1) is 18.0. The van der Waals surface area contributed by atoms with E-state index in [1.54, 1.807) is 5.56 Å². The first-order valence-corrected chi connectivity index (χ1v) is 11.9. The van der Waals surface area contributed by atoms with Crippen molar-refractivity contribution in [2.45, 2.75) is 64.3 Å². The van der Waals surface area contributed by atoms with Crippen LogP contribution in [0, 0.1) is 13.8 Å². The van der Waals surface area contributed by atoms with E-state index in [1.165, 1.54) is 75.9 Å². The van der Waals surface area contributed by atoms with Crippen molar-refractivity contribution < 1.29 is 0 Å². The Kier molecular flexibility index (Phi) is 3.22. The normalized spacial score (nSPS) is 26.6. The van der Waals surface area contributed by atoms with E-state index in [-0.39, 0.29) is 11.0 Å². The van der Waals surface area contributed by atoms with Gasteiger partial charge >= 0.3 is 0 Å².